The van der Waals surface area contributed by atoms with Crippen LogP contribution in [0.2, 0.25) is 0 Å². The van der Waals surface area contributed by atoms with Crippen LogP contribution in [0.3, 0.4) is 0 Å². The average molecular weight is 303 g/mol. The van der Waals surface area contributed by atoms with E-state index in [2.05, 4.69) is 27.6 Å². The summed E-state index contributed by atoms with van der Waals surface area (Å²) in [5.41, 5.74) is 1.09. The highest BCUT2D eigenvalue weighted by Crippen LogP contribution is 2.37. The maximum atomic E-state index is 5.29. The van der Waals surface area contributed by atoms with Crippen molar-refractivity contribution in [2.45, 2.75) is 0 Å². The van der Waals surface area contributed by atoms with Gasteiger partial charge in [-0.3, -0.25) is 0 Å². The summed E-state index contributed by atoms with van der Waals surface area (Å²) < 4.78 is 11.6. The van der Waals surface area contributed by atoms with Crippen LogP contribution in [0.15, 0.2) is 18.3 Å². The van der Waals surface area contributed by atoms with Crippen molar-refractivity contribution in [3.63, 3.8) is 0 Å². The number of fused-ring (bicyclic) bond motifs is 1. The second-order valence-corrected chi connectivity index (χ2v) is 3.95. The highest BCUT2D eigenvalue weighted by molar-refractivity contribution is 14.1. The molecule has 74 valence electrons. The third-order valence-corrected chi connectivity index (χ3v) is 3.16. The van der Waals surface area contributed by atoms with E-state index in [1.165, 1.54) is 0 Å². The summed E-state index contributed by atoms with van der Waals surface area (Å²) in [5, 5.41) is 1.13. The molecule has 1 aromatic carbocycles. The van der Waals surface area contributed by atoms with Gasteiger partial charge in [0, 0.05) is 11.6 Å². The summed E-state index contributed by atoms with van der Waals surface area (Å²) in [7, 11) is 3.29. The first-order chi connectivity index (χ1) is 6.77. The molecule has 2 aromatic rings. The van der Waals surface area contributed by atoms with Crippen molar-refractivity contribution >= 4 is 33.5 Å². The number of methoxy groups -OCH3 is 2. The molecule has 0 aliphatic heterocycles. The van der Waals surface area contributed by atoms with Gasteiger partial charge in [-0.1, -0.05) is 0 Å². The first-order valence-electron chi connectivity index (χ1n) is 4.15. The number of hydrogen-bond acceptors (Lipinski definition) is 2. The molecule has 0 saturated heterocycles. The third-order valence-electron chi connectivity index (χ3n) is 2.13. The number of aromatic amines is 1. The van der Waals surface area contributed by atoms with E-state index in [4.69, 9.17) is 9.47 Å². The van der Waals surface area contributed by atoms with E-state index < -0.39 is 0 Å². The van der Waals surface area contributed by atoms with Gasteiger partial charge in [0.1, 0.15) is 0 Å². The average Bonchev–Trinajstić information content (AvgIpc) is 2.65. The fourth-order valence-electron chi connectivity index (χ4n) is 1.46. The van der Waals surface area contributed by atoms with Crippen molar-refractivity contribution in [2.75, 3.05) is 14.2 Å². The predicted octanol–water partition coefficient (Wildman–Crippen LogP) is 2.79. The van der Waals surface area contributed by atoms with Crippen molar-refractivity contribution in [1.29, 1.82) is 0 Å². The molecule has 0 radical (unpaired) electrons. The van der Waals surface area contributed by atoms with E-state index >= 15 is 0 Å². The summed E-state index contributed by atoms with van der Waals surface area (Å²) in [6, 6.07) is 3.98. The van der Waals surface area contributed by atoms with Gasteiger partial charge in [-0.25, -0.2) is 0 Å². The maximum Gasteiger partial charge on any atom is 0.176 e. The maximum absolute atomic E-state index is 5.29. The van der Waals surface area contributed by atoms with E-state index in [9.17, 15) is 0 Å². The quantitative estimate of drug-likeness (QED) is 0.866. The Labute approximate surface area is 95.5 Å². The summed E-state index contributed by atoms with van der Waals surface area (Å²) in [6.45, 7) is 0. The molecule has 0 spiro atoms. The van der Waals surface area contributed by atoms with Crippen LogP contribution in [-0.2, 0) is 0 Å². The number of ether oxygens (including phenoxy) is 2. The Hall–Kier alpha value is -0.910. The number of benzene rings is 1. The van der Waals surface area contributed by atoms with E-state index in [0.717, 1.165) is 26.0 Å². The lowest BCUT2D eigenvalue weighted by Crippen LogP contribution is -1.93. The van der Waals surface area contributed by atoms with Crippen LogP contribution in [0, 0.1) is 3.57 Å². The van der Waals surface area contributed by atoms with Gasteiger partial charge in [-0.2, -0.15) is 0 Å². The molecule has 0 bridgehead atoms. The molecule has 1 N–H and O–H groups in total. The van der Waals surface area contributed by atoms with Gasteiger partial charge in [0.15, 0.2) is 11.5 Å². The SMILES string of the molecule is COc1cc2cc[nH]c2c(I)c1OC. The zero-order valence-electron chi connectivity index (χ0n) is 7.93. The Morgan fingerprint density at radius 2 is 2.07 bits per heavy atom. The van der Waals surface area contributed by atoms with Crippen molar-refractivity contribution in [2.24, 2.45) is 0 Å². The Bertz CT molecular complexity index is 464. The Balaban J connectivity index is 2.79. The van der Waals surface area contributed by atoms with Crippen LogP contribution in [0.25, 0.3) is 10.9 Å². The molecule has 0 saturated carbocycles. The molecule has 4 heteroatoms. The van der Waals surface area contributed by atoms with Crippen LogP contribution in [0.5, 0.6) is 11.5 Å². The van der Waals surface area contributed by atoms with Crippen LogP contribution in [-0.4, -0.2) is 19.2 Å². The number of hydrogen-bond donors (Lipinski definition) is 1. The largest absolute Gasteiger partial charge is 0.493 e. The molecule has 14 heavy (non-hydrogen) atoms. The zero-order chi connectivity index (χ0) is 10.1. The van der Waals surface area contributed by atoms with Crippen LogP contribution >= 0.6 is 22.6 Å². The van der Waals surface area contributed by atoms with E-state index in [1.807, 2.05) is 18.3 Å². The number of nitrogens with one attached hydrogen (secondary N) is 1. The summed E-state index contributed by atoms with van der Waals surface area (Å²) in [5.74, 6) is 1.55. The molecule has 0 aliphatic carbocycles. The standard InChI is InChI=1S/C10H10INO2/c1-13-7-5-6-3-4-12-9(6)8(11)10(7)14-2/h3-5,12H,1-2H3. The number of H-pyrrole nitrogens is 1. The van der Waals surface area contributed by atoms with E-state index in [0.29, 0.717) is 0 Å². The van der Waals surface area contributed by atoms with E-state index in [1.54, 1.807) is 14.2 Å². The minimum Gasteiger partial charge on any atom is -0.493 e. The van der Waals surface area contributed by atoms with Gasteiger partial charge in [-0.05, 0) is 34.7 Å². The number of aromatic nitrogens is 1. The van der Waals surface area contributed by atoms with Crippen LogP contribution < -0.4 is 9.47 Å². The summed E-state index contributed by atoms with van der Waals surface area (Å²) in [6.07, 6.45) is 1.91. The topological polar surface area (TPSA) is 34.2 Å². The molecule has 2 rings (SSSR count). The minimum absolute atomic E-state index is 0.768. The van der Waals surface area contributed by atoms with Crippen LogP contribution in [0.4, 0.5) is 0 Å². The normalized spacial score (nSPS) is 10.5. The highest BCUT2D eigenvalue weighted by Gasteiger charge is 2.12. The van der Waals surface area contributed by atoms with Crippen molar-refractivity contribution in [3.05, 3.63) is 21.9 Å². The van der Waals surface area contributed by atoms with Crippen LogP contribution in [0.1, 0.15) is 0 Å². The summed E-state index contributed by atoms with van der Waals surface area (Å²) in [4.78, 5) is 3.17. The first kappa shape index (κ1) is 9.64. The lowest BCUT2D eigenvalue weighted by Gasteiger charge is -2.09. The monoisotopic (exact) mass is 303 g/mol. The van der Waals surface area contributed by atoms with Crippen molar-refractivity contribution in [3.8, 4) is 11.5 Å². The molecule has 1 heterocycles. The Morgan fingerprint density at radius 1 is 1.29 bits per heavy atom. The molecule has 1 aromatic heterocycles. The van der Waals surface area contributed by atoms with Gasteiger partial charge in [0.2, 0.25) is 0 Å². The number of halogens is 1. The van der Waals surface area contributed by atoms with Gasteiger partial charge >= 0.3 is 0 Å². The van der Waals surface area contributed by atoms with E-state index in [-0.39, 0.29) is 0 Å². The smallest absolute Gasteiger partial charge is 0.176 e. The fraction of sp³-hybridized carbons (Fsp3) is 0.200. The minimum atomic E-state index is 0.768. The van der Waals surface area contributed by atoms with Gasteiger partial charge in [0.05, 0.1) is 23.3 Å². The first-order valence-corrected chi connectivity index (χ1v) is 5.23. The van der Waals surface area contributed by atoms with Gasteiger partial charge in [0.25, 0.3) is 0 Å². The molecule has 0 amide bonds. The molecular weight excluding hydrogens is 293 g/mol. The van der Waals surface area contributed by atoms with Gasteiger partial charge in [-0.15, -0.1) is 0 Å². The third kappa shape index (κ3) is 1.33. The molecule has 0 unspecified atom stereocenters. The fourth-order valence-corrected chi connectivity index (χ4v) is 2.42. The zero-order valence-corrected chi connectivity index (χ0v) is 10.1. The van der Waals surface area contributed by atoms with Crippen molar-refractivity contribution < 1.29 is 9.47 Å². The molecule has 0 aliphatic rings. The molecule has 0 atom stereocenters. The predicted molar refractivity (Wildman–Crippen MR) is 64.1 cm³/mol. The molecule has 0 fully saturated rings. The number of rotatable bonds is 2. The molecule has 3 nitrogen and oxygen atoms in total. The highest BCUT2D eigenvalue weighted by atomic mass is 127. The second-order valence-electron chi connectivity index (χ2n) is 2.87. The lowest BCUT2D eigenvalue weighted by atomic mass is 10.2. The second kappa shape index (κ2) is 3.68. The Morgan fingerprint density at radius 3 is 2.71 bits per heavy atom. The summed E-state index contributed by atoms with van der Waals surface area (Å²) >= 11 is 2.25. The van der Waals surface area contributed by atoms with Crippen molar-refractivity contribution in [1.82, 2.24) is 4.98 Å². The molecular formula is C10H10INO2. The lowest BCUT2D eigenvalue weighted by molar-refractivity contribution is 0.354. The van der Waals surface area contributed by atoms with Gasteiger partial charge < -0.3 is 14.5 Å². The Kier molecular flexibility index (Phi) is 2.54.